The minimum absolute atomic E-state index is 0.158. The van der Waals surface area contributed by atoms with Gasteiger partial charge >= 0.3 is 17.9 Å². The summed E-state index contributed by atoms with van der Waals surface area (Å²) < 4.78 is 27.1. The normalized spacial score (nSPS) is 23.4. The average Bonchev–Trinajstić information content (AvgIpc) is 2.65. The Bertz CT molecular complexity index is 815. The maximum Gasteiger partial charge on any atom is 0.303 e. The second-order valence-corrected chi connectivity index (χ2v) is 6.41. The largest absolute Gasteiger partial charge is 0.459 e. The van der Waals surface area contributed by atoms with E-state index in [2.05, 4.69) is 6.07 Å². The number of ether oxygens (including phenoxy) is 5. The first-order valence-electron chi connectivity index (χ1n) is 9.08. The Labute approximate surface area is 168 Å². The first-order valence-corrected chi connectivity index (χ1v) is 9.08. The van der Waals surface area contributed by atoms with Crippen LogP contribution in [0.4, 0.5) is 0 Å². The van der Waals surface area contributed by atoms with E-state index in [1.165, 1.54) is 20.8 Å². The van der Waals surface area contributed by atoms with Crippen LogP contribution in [-0.2, 0) is 39.8 Å². The highest BCUT2D eigenvalue weighted by molar-refractivity contribution is 5.68. The lowest BCUT2D eigenvalue weighted by atomic mass is 10.0. The van der Waals surface area contributed by atoms with Crippen molar-refractivity contribution in [3.8, 4) is 11.8 Å². The molecule has 4 atom stereocenters. The van der Waals surface area contributed by atoms with Crippen LogP contribution in [0.1, 0.15) is 38.8 Å². The number of nitriles is 1. The number of nitrogens with zero attached hydrogens (tertiary/aromatic N) is 1. The Kier molecular flexibility index (Phi) is 7.56. The fourth-order valence-electron chi connectivity index (χ4n) is 2.92. The van der Waals surface area contributed by atoms with Gasteiger partial charge in [-0.1, -0.05) is 13.0 Å². The van der Waals surface area contributed by atoms with E-state index in [-0.39, 0.29) is 17.9 Å². The number of carbonyl (C=O) groups excluding carboxylic acids is 3. The average molecular weight is 405 g/mol. The van der Waals surface area contributed by atoms with E-state index in [1.54, 1.807) is 18.2 Å². The van der Waals surface area contributed by atoms with Crippen molar-refractivity contribution >= 4 is 17.9 Å². The predicted molar refractivity (Wildman–Crippen MR) is 97.6 cm³/mol. The molecule has 0 aromatic heterocycles. The smallest absolute Gasteiger partial charge is 0.303 e. The molecule has 0 N–H and O–H groups in total. The number of aryl methyl sites for hydroxylation is 1. The molecule has 156 valence electrons. The van der Waals surface area contributed by atoms with Crippen molar-refractivity contribution in [3.05, 3.63) is 29.3 Å². The van der Waals surface area contributed by atoms with Crippen LogP contribution in [0.25, 0.3) is 0 Å². The van der Waals surface area contributed by atoms with E-state index in [0.29, 0.717) is 0 Å². The molecule has 0 aliphatic carbocycles. The van der Waals surface area contributed by atoms with E-state index in [1.807, 2.05) is 6.92 Å². The van der Waals surface area contributed by atoms with Gasteiger partial charge in [0, 0.05) is 20.8 Å². The molecule has 0 amide bonds. The summed E-state index contributed by atoms with van der Waals surface area (Å²) in [6, 6.07) is 7.15. The van der Waals surface area contributed by atoms with Gasteiger partial charge in [-0.15, -0.1) is 0 Å². The Morgan fingerprint density at radius 2 is 1.69 bits per heavy atom. The summed E-state index contributed by atoms with van der Waals surface area (Å²) in [5.41, 5.74) is 1.23. The monoisotopic (exact) mass is 405 g/mol. The van der Waals surface area contributed by atoms with E-state index >= 15 is 0 Å². The summed E-state index contributed by atoms with van der Waals surface area (Å²) in [5, 5.41) is 9.41. The summed E-state index contributed by atoms with van der Waals surface area (Å²) in [7, 11) is 0. The predicted octanol–water partition coefficient (Wildman–Crippen LogP) is 1.65. The zero-order valence-electron chi connectivity index (χ0n) is 16.7. The topological polar surface area (TPSA) is 121 Å². The van der Waals surface area contributed by atoms with Crippen LogP contribution in [0.3, 0.4) is 0 Å². The van der Waals surface area contributed by atoms with Crippen molar-refractivity contribution in [1.82, 2.24) is 0 Å². The van der Waals surface area contributed by atoms with Gasteiger partial charge in [-0.25, -0.2) is 0 Å². The van der Waals surface area contributed by atoms with Crippen molar-refractivity contribution in [2.75, 3.05) is 6.61 Å². The lowest BCUT2D eigenvalue weighted by molar-refractivity contribution is -0.259. The van der Waals surface area contributed by atoms with Crippen LogP contribution in [-0.4, -0.2) is 49.1 Å². The molecule has 0 saturated carbocycles. The number of esters is 3. The Morgan fingerprint density at radius 3 is 2.24 bits per heavy atom. The molecule has 0 bridgehead atoms. The van der Waals surface area contributed by atoms with Gasteiger partial charge in [0.2, 0.25) is 12.4 Å². The summed E-state index contributed by atoms with van der Waals surface area (Å²) in [5.74, 6) is -1.72. The lowest BCUT2D eigenvalue weighted by Gasteiger charge is -2.40. The first kappa shape index (κ1) is 22.2. The molecule has 1 aromatic rings. The van der Waals surface area contributed by atoms with Crippen LogP contribution in [0.2, 0.25) is 0 Å². The first-order chi connectivity index (χ1) is 13.7. The molecular formula is C20H23NO8. The molecule has 1 aliphatic rings. The number of hydrogen-bond acceptors (Lipinski definition) is 9. The third-order valence-electron chi connectivity index (χ3n) is 4.12. The van der Waals surface area contributed by atoms with Crippen molar-refractivity contribution in [1.29, 1.82) is 5.26 Å². The van der Waals surface area contributed by atoms with Crippen molar-refractivity contribution in [2.45, 2.75) is 58.7 Å². The summed E-state index contributed by atoms with van der Waals surface area (Å²) in [4.78, 5) is 34.6. The zero-order valence-corrected chi connectivity index (χ0v) is 16.7. The molecule has 1 unspecified atom stereocenters. The fourth-order valence-corrected chi connectivity index (χ4v) is 2.92. The minimum atomic E-state index is -1.22. The molecule has 2 rings (SSSR count). The van der Waals surface area contributed by atoms with E-state index in [9.17, 15) is 19.6 Å². The molecule has 0 spiro atoms. The quantitative estimate of drug-likeness (QED) is 0.513. The van der Waals surface area contributed by atoms with E-state index in [4.69, 9.17) is 23.7 Å². The molecular weight excluding hydrogens is 382 g/mol. The lowest BCUT2D eigenvalue weighted by Crippen LogP contribution is -2.59. The highest BCUT2D eigenvalue weighted by Gasteiger charge is 2.48. The number of carbonyl (C=O) groups is 3. The summed E-state index contributed by atoms with van der Waals surface area (Å²) >= 11 is 0. The van der Waals surface area contributed by atoms with Crippen LogP contribution >= 0.6 is 0 Å². The molecule has 1 aliphatic heterocycles. The summed E-state index contributed by atoms with van der Waals surface area (Å²) in [6.07, 6.45) is -3.79. The van der Waals surface area contributed by atoms with Crippen molar-refractivity contribution < 1.29 is 38.1 Å². The molecule has 1 saturated heterocycles. The molecule has 9 heteroatoms. The number of hydrogen-bond donors (Lipinski definition) is 0. The molecule has 9 nitrogen and oxygen atoms in total. The van der Waals surface area contributed by atoms with Gasteiger partial charge in [0.1, 0.15) is 11.8 Å². The highest BCUT2D eigenvalue weighted by atomic mass is 16.7. The van der Waals surface area contributed by atoms with Crippen LogP contribution in [0.5, 0.6) is 5.75 Å². The van der Waals surface area contributed by atoms with E-state index in [0.717, 1.165) is 12.0 Å². The molecule has 1 aromatic carbocycles. The van der Waals surface area contributed by atoms with Crippen molar-refractivity contribution in [2.24, 2.45) is 0 Å². The maximum absolute atomic E-state index is 11.6. The van der Waals surface area contributed by atoms with Gasteiger partial charge in [-0.3, -0.25) is 14.4 Å². The molecule has 29 heavy (non-hydrogen) atoms. The zero-order chi connectivity index (χ0) is 21.6. The standard InChI is InChI=1S/C20H23NO8/c1-5-14-6-7-16(15(8-14)9-21)29-20-19(28-13(4)24)18(27-12(3)23)17(10-25-20)26-11(2)22/h6-8,17-20H,5,10H2,1-4H3/t17-,18-,19+,20?/m1/s1. The second-order valence-electron chi connectivity index (χ2n) is 6.41. The fraction of sp³-hybridized carbons (Fsp3) is 0.500. The van der Waals surface area contributed by atoms with Gasteiger partial charge in [-0.2, -0.15) is 5.26 Å². The third kappa shape index (κ3) is 5.93. The van der Waals surface area contributed by atoms with Crippen LogP contribution in [0, 0.1) is 11.3 Å². The Balaban J connectivity index is 2.34. The van der Waals surface area contributed by atoms with Gasteiger partial charge in [0.25, 0.3) is 0 Å². The minimum Gasteiger partial charge on any atom is -0.459 e. The third-order valence-corrected chi connectivity index (χ3v) is 4.12. The van der Waals surface area contributed by atoms with Crippen molar-refractivity contribution in [3.63, 3.8) is 0 Å². The van der Waals surface area contributed by atoms with Crippen LogP contribution in [0.15, 0.2) is 18.2 Å². The molecule has 1 heterocycles. The molecule has 1 fully saturated rings. The Hall–Kier alpha value is -3.12. The van der Waals surface area contributed by atoms with E-state index < -0.39 is 42.5 Å². The van der Waals surface area contributed by atoms with Gasteiger partial charge in [-0.05, 0) is 24.1 Å². The van der Waals surface area contributed by atoms with Crippen LogP contribution < -0.4 is 4.74 Å². The SMILES string of the molecule is CCc1ccc(OC2OC[C@@H](OC(C)=O)[C@@H](OC(C)=O)[C@@H]2OC(C)=O)c(C#N)c1. The number of benzene rings is 1. The van der Waals surface area contributed by atoms with Gasteiger partial charge < -0.3 is 23.7 Å². The summed E-state index contributed by atoms with van der Waals surface area (Å²) in [6.45, 7) is 5.35. The van der Waals surface area contributed by atoms with Gasteiger partial charge in [0.05, 0.1) is 12.2 Å². The molecule has 0 radical (unpaired) electrons. The number of rotatable bonds is 6. The van der Waals surface area contributed by atoms with Gasteiger partial charge in [0.15, 0.2) is 12.2 Å². The Morgan fingerprint density at radius 1 is 1.07 bits per heavy atom. The maximum atomic E-state index is 11.6. The second kappa shape index (κ2) is 9.89. The highest BCUT2D eigenvalue weighted by Crippen LogP contribution is 2.29.